The Bertz CT molecular complexity index is 464. The maximum atomic E-state index is 4.35. The highest BCUT2D eigenvalue weighted by Crippen LogP contribution is 2.08. The molecule has 0 amide bonds. The number of nitrogens with one attached hydrogen (secondary N) is 1. The van der Waals surface area contributed by atoms with Crippen LogP contribution in [0.25, 0.3) is 0 Å². The highest BCUT2D eigenvalue weighted by atomic mass is 15.0. The molecular weight excluding hydrogens is 224 g/mol. The summed E-state index contributed by atoms with van der Waals surface area (Å²) in [4.78, 5) is 8.40. The summed E-state index contributed by atoms with van der Waals surface area (Å²) in [7, 11) is 4.06. The highest BCUT2D eigenvalue weighted by Gasteiger charge is 2.09. The maximum absolute atomic E-state index is 4.35. The van der Waals surface area contributed by atoms with Crippen LogP contribution < -0.4 is 5.32 Å². The van der Waals surface area contributed by atoms with Gasteiger partial charge in [-0.05, 0) is 37.6 Å². The van der Waals surface area contributed by atoms with Crippen LogP contribution in [0, 0.1) is 0 Å². The first kappa shape index (κ1) is 12.8. The average molecular weight is 244 g/mol. The molecule has 0 aliphatic heterocycles. The molecule has 4 nitrogen and oxygen atoms in total. The SMILES string of the molecule is CNC(CCc1nccn1C)Cc1ccncc1. The van der Waals surface area contributed by atoms with Crippen molar-refractivity contribution in [1.82, 2.24) is 19.9 Å². The summed E-state index contributed by atoms with van der Waals surface area (Å²) in [5.74, 6) is 1.14. The zero-order chi connectivity index (χ0) is 12.8. The van der Waals surface area contributed by atoms with Crippen LogP contribution in [0.3, 0.4) is 0 Å². The molecule has 96 valence electrons. The van der Waals surface area contributed by atoms with Gasteiger partial charge < -0.3 is 9.88 Å². The highest BCUT2D eigenvalue weighted by molar-refractivity contribution is 5.11. The molecule has 2 aromatic heterocycles. The van der Waals surface area contributed by atoms with Gasteiger partial charge in [0.2, 0.25) is 0 Å². The molecule has 0 radical (unpaired) electrons. The van der Waals surface area contributed by atoms with E-state index in [1.807, 2.05) is 38.9 Å². The molecule has 0 saturated carbocycles. The lowest BCUT2D eigenvalue weighted by Gasteiger charge is -2.15. The number of pyridine rings is 1. The van der Waals surface area contributed by atoms with Gasteiger partial charge in [-0.25, -0.2) is 4.98 Å². The third-order valence-electron chi connectivity index (χ3n) is 3.28. The Labute approximate surface area is 108 Å². The van der Waals surface area contributed by atoms with Crippen molar-refractivity contribution in [2.45, 2.75) is 25.3 Å². The van der Waals surface area contributed by atoms with Crippen molar-refractivity contribution in [3.63, 3.8) is 0 Å². The summed E-state index contributed by atoms with van der Waals surface area (Å²) in [6.07, 6.45) is 10.7. The summed E-state index contributed by atoms with van der Waals surface area (Å²) in [6, 6.07) is 4.63. The first-order valence-electron chi connectivity index (χ1n) is 6.32. The predicted molar refractivity (Wildman–Crippen MR) is 72.3 cm³/mol. The predicted octanol–water partition coefficient (Wildman–Crippen LogP) is 1.58. The summed E-state index contributed by atoms with van der Waals surface area (Å²) in [5, 5.41) is 3.37. The minimum atomic E-state index is 0.476. The van der Waals surface area contributed by atoms with Crippen LogP contribution in [0.1, 0.15) is 17.8 Å². The van der Waals surface area contributed by atoms with E-state index in [-0.39, 0.29) is 0 Å². The van der Waals surface area contributed by atoms with Gasteiger partial charge in [-0.1, -0.05) is 0 Å². The van der Waals surface area contributed by atoms with Crippen molar-refractivity contribution in [2.75, 3.05) is 7.05 Å². The molecule has 0 aromatic carbocycles. The molecule has 0 fully saturated rings. The van der Waals surface area contributed by atoms with Crippen molar-refractivity contribution in [3.8, 4) is 0 Å². The number of likely N-dealkylation sites (N-methyl/N-ethyl adjacent to an activating group) is 1. The second-order valence-corrected chi connectivity index (χ2v) is 4.54. The Hall–Kier alpha value is -1.68. The van der Waals surface area contributed by atoms with E-state index in [1.165, 1.54) is 5.56 Å². The maximum Gasteiger partial charge on any atom is 0.108 e. The van der Waals surface area contributed by atoms with E-state index in [9.17, 15) is 0 Å². The standard InChI is InChI=1S/C14H20N4/c1-15-13(11-12-5-7-16-8-6-12)3-4-14-17-9-10-18(14)2/h5-10,13,15H,3-4,11H2,1-2H3. The summed E-state index contributed by atoms with van der Waals surface area (Å²) in [6.45, 7) is 0. The van der Waals surface area contributed by atoms with Crippen LogP contribution in [-0.2, 0) is 19.9 Å². The minimum Gasteiger partial charge on any atom is -0.338 e. The molecule has 0 spiro atoms. The van der Waals surface area contributed by atoms with Gasteiger partial charge in [-0.2, -0.15) is 0 Å². The largest absolute Gasteiger partial charge is 0.338 e. The Morgan fingerprint density at radius 3 is 2.67 bits per heavy atom. The van der Waals surface area contributed by atoms with Crippen molar-refractivity contribution in [2.24, 2.45) is 7.05 Å². The number of aromatic nitrogens is 3. The molecule has 1 atom stereocenters. The number of hydrogen-bond acceptors (Lipinski definition) is 3. The van der Waals surface area contributed by atoms with Gasteiger partial charge in [0, 0.05) is 44.3 Å². The normalized spacial score (nSPS) is 12.6. The van der Waals surface area contributed by atoms with E-state index < -0.39 is 0 Å². The fourth-order valence-electron chi connectivity index (χ4n) is 2.09. The number of rotatable bonds is 6. The Morgan fingerprint density at radius 2 is 2.06 bits per heavy atom. The Kier molecular flexibility index (Phi) is 4.47. The van der Waals surface area contributed by atoms with Gasteiger partial charge in [-0.3, -0.25) is 4.98 Å². The van der Waals surface area contributed by atoms with Gasteiger partial charge >= 0.3 is 0 Å². The first-order chi connectivity index (χ1) is 8.79. The number of aryl methyl sites for hydroxylation is 2. The number of nitrogens with zero attached hydrogens (tertiary/aromatic N) is 3. The molecule has 1 unspecified atom stereocenters. The quantitative estimate of drug-likeness (QED) is 0.839. The van der Waals surface area contributed by atoms with E-state index in [2.05, 4.69) is 32.0 Å². The molecule has 0 aliphatic rings. The molecule has 1 N–H and O–H groups in total. The van der Waals surface area contributed by atoms with Crippen molar-refractivity contribution < 1.29 is 0 Å². The van der Waals surface area contributed by atoms with Gasteiger partial charge in [0.15, 0.2) is 0 Å². The lowest BCUT2D eigenvalue weighted by atomic mass is 10.0. The monoisotopic (exact) mass is 244 g/mol. The van der Waals surface area contributed by atoms with Gasteiger partial charge in [0.1, 0.15) is 5.82 Å². The molecular formula is C14H20N4. The molecule has 4 heteroatoms. The zero-order valence-corrected chi connectivity index (χ0v) is 11.0. The van der Waals surface area contributed by atoms with Crippen LogP contribution in [0.4, 0.5) is 0 Å². The minimum absolute atomic E-state index is 0.476. The average Bonchev–Trinajstić information content (AvgIpc) is 2.81. The van der Waals surface area contributed by atoms with Crippen molar-refractivity contribution in [3.05, 3.63) is 48.3 Å². The molecule has 2 heterocycles. The van der Waals surface area contributed by atoms with E-state index >= 15 is 0 Å². The van der Waals surface area contributed by atoms with Crippen LogP contribution in [-0.4, -0.2) is 27.6 Å². The number of hydrogen-bond donors (Lipinski definition) is 1. The van der Waals surface area contributed by atoms with E-state index in [0.29, 0.717) is 6.04 Å². The third-order valence-corrected chi connectivity index (χ3v) is 3.28. The van der Waals surface area contributed by atoms with Crippen molar-refractivity contribution >= 4 is 0 Å². The van der Waals surface area contributed by atoms with Gasteiger partial charge in [-0.15, -0.1) is 0 Å². The number of imidazole rings is 1. The molecule has 18 heavy (non-hydrogen) atoms. The second kappa shape index (κ2) is 6.31. The van der Waals surface area contributed by atoms with Crippen LogP contribution in [0.5, 0.6) is 0 Å². The molecule has 2 aromatic rings. The van der Waals surface area contributed by atoms with Gasteiger partial charge in [0.05, 0.1) is 0 Å². The summed E-state index contributed by atoms with van der Waals surface area (Å²) >= 11 is 0. The van der Waals surface area contributed by atoms with Gasteiger partial charge in [0.25, 0.3) is 0 Å². The molecule has 0 aliphatic carbocycles. The fourth-order valence-corrected chi connectivity index (χ4v) is 2.09. The lowest BCUT2D eigenvalue weighted by molar-refractivity contribution is 0.510. The summed E-state index contributed by atoms with van der Waals surface area (Å²) in [5.41, 5.74) is 1.32. The van der Waals surface area contributed by atoms with Crippen molar-refractivity contribution in [1.29, 1.82) is 0 Å². The topological polar surface area (TPSA) is 42.7 Å². The summed E-state index contributed by atoms with van der Waals surface area (Å²) < 4.78 is 2.08. The van der Waals surface area contributed by atoms with Crippen LogP contribution in [0.15, 0.2) is 36.9 Å². The lowest BCUT2D eigenvalue weighted by Crippen LogP contribution is -2.28. The first-order valence-corrected chi connectivity index (χ1v) is 6.32. The second-order valence-electron chi connectivity index (χ2n) is 4.54. The van der Waals surface area contributed by atoms with Crippen LogP contribution >= 0.6 is 0 Å². The molecule has 0 saturated heterocycles. The Morgan fingerprint density at radius 1 is 1.28 bits per heavy atom. The van der Waals surface area contributed by atoms with E-state index in [1.54, 1.807) is 0 Å². The molecule has 0 bridgehead atoms. The van der Waals surface area contributed by atoms with E-state index in [0.717, 1.165) is 25.1 Å². The Balaban J connectivity index is 1.88. The van der Waals surface area contributed by atoms with Crippen LogP contribution in [0.2, 0.25) is 0 Å². The molecule has 2 rings (SSSR count). The fraction of sp³-hybridized carbons (Fsp3) is 0.429. The third kappa shape index (κ3) is 3.40. The zero-order valence-electron chi connectivity index (χ0n) is 11.0. The smallest absolute Gasteiger partial charge is 0.108 e. The van der Waals surface area contributed by atoms with E-state index in [4.69, 9.17) is 0 Å².